The number of carbonyl (C=O) groups is 1. The average Bonchev–Trinajstić information content (AvgIpc) is 3.20. The quantitative estimate of drug-likeness (QED) is 0.571. The molecule has 2 saturated carbocycles. The summed E-state index contributed by atoms with van der Waals surface area (Å²) in [7, 11) is 0. The van der Waals surface area contributed by atoms with Gasteiger partial charge in [0.2, 0.25) is 5.91 Å². The van der Waals surface area contributed by atoms with Crippen molar-refractivity contribution in [3.8, 4) is 0 Å². The van der Waals surface area contributed by atoms with Crippen LogP contribution >= 0.6 is 0 Å². The number of hydrogen-bond donors (Lipinski definition) is 1. The van der Waals surface area contributed by atoms with E-state index in [9.17, 15) is 31.1 Å². The lowest BCUT2D eigenvalue weighted by Gasteiger charge is -2.35. The minimum atomic E-state index is -4.60. The second kappa shape index (κ2) is 11.6. The van der Waals surface area contributed by atoms with E-state index in [1.807, 2.05) is 0 Å². The molecule has 1 aromatic rings. The summed E-state index contributed by atoms with van der Waals surface area (Å²) in [6.45, 7) is 1.07. The molecule has 1 aliphatic heterocycles. The van der Waals surface area contributed by atoms with Crippen molar-refractivity contribution in [2.45, 2.75) is 81.6 Å². The third-order valence-corrected chi connectivity index (χ3v) is 5.46. The van der Waals surface area contributed by atoms with Crippen LogP contribution in [0.3, 0.4) is 0 Å². The van der Waals surface area contributed by atoms with Gasteiger partial charge in [-0.3, -0.25) is 14.3 Å². The Bertz CT molecular complexity index is 745. The van der Waals surface area contributed by atoms with Crippen LogP contribution in [0.1, 0.15) is 44.6 Å². The number of aromatic nitrogens is 3. The SMILES string of the molecule is FC(F)(F)OC1CC(n2nccn2)C1.O=C(COC1CC(OC(F)(F)F)C1)NC1CCCOC1. The van der Waals surface area contributed by atoms with Crippen molar-refractivity contribution in [3.05, 3.63) is 12.4 Å². The van der Waals surface area contributed by atoms with Crippen molar-refractivity contribution in [3.63, 3.8) is 0 Å². The zero-order chi connectivity index (χ0) is 24.8. The Kier molecular flexibility index (Phi) is 9.12. The fourth-order valence-electron chi connectivity index (χ4n) is 3.68. The number of nitrogens with one attached hydrogen (secondary N) is 1. The molecule has 2 aliphatic carbocycles. The predicted molar refractivity (Wildman–Crippen MR) is 101 cm³/mol. The number of rotatable bonds is 7. The molecule has 4 rings (SSSR count). The van der Waals surface area contributed by atoms with E-state index in [-0.39, 0.29) is 43.5 Å². The van der Waals surface area contributed by atoms with Gasteiger partial charge in [0, 0.05) is 19.4 Å². The van der Waals surface area contributed by atoms with E-state index >= 15 is 0 Å². The molecule has 0 radical (unpaired) electrons. The van der Waals surface area contributed by atoms with Gasteiger partial charge in [0.05, 0.1) is 49.4 Å². The van der Waals surface area contributed by atoms with Gasteiger partial charge in [-0.15, -0.1) is 26.3 Å². The number of carbonyl (C=O) groups excluding carboxylic acids is 1. The van der Waals surface area contributed by atoms with Crippen molar-refractivity contribution in [1.29, 1.82) is 0 Å². The zero-order valence-electron chi connectivity index (χ0n) is 18.1. The molecule has 0 spiro atoms. The number of ether oxygens (including phenoxy) is 4. The van der Waals surface area contributed by atoms with Gasteiger partial charge in [-0.1, -0.05) is 0 Å². The molecule has 15 heteroatoms. The molecule has 1 N–H and O–H groups in total. The minimum Gasteiger partial charge on any atom is -0.379 e. The number of nitrogens with zero attached hydrogens (tertiary/aromatic N) is 3. The fraction of sp³-hybridized carbons (Fsp3) is 0.842. The minimum absolute atomic E-state index is 0.00236. The molecule has 1 aromatic heterocycles. The van der Waals surface area contributed by atoms with Gasteiger partial charge in [-0.2, -0.15) is 15.0 Å². The first-order chi connectivity index (χ1) is 16.0. The van der Waals surface area contributed by atoms with Crippen LogP contribution in [0.4, 0.5) is 26.3 Å². The van der Waals surface area contributed by atoms with Gasteiger partial charge in [-0.05, 0) is 25.7 Å². The van der Waals surface area contributed by atoms with Crippen LogP contribution in [-0.4, -0.2) is 77.8 Å². The Morgan fingerprint density at radius 1 is 0.971 bits per heavy atom. The lowest BCUT2D eigenvalue weighted by atomic mass is 9.90. The van der Waals surface area contributed by atoms with Crippen molar-refractivity contribution < 1.29 is 50.1 Å². The first-order valence-corrected chi connectivity index (χ1v) is 10.8. The predicted octanol–water partition coefficient (Wildman–Crippen LogP) is 2.88. The summed E-state index contributed by atoms with van der Waals surface area (Å²) in [5.74, 6) is -0.263. The lowest BCUT2D eigenvalue weighted by molar-refractivity contribution is -0.357. The highest BCUT2D eigenvalue weighted by Gasteiger charge is 2.42. The summed E-state index contributed by atoms with van der Waals surface area (Å²) in [6.07, 6.45) is -5.34. The molecule has 1 amide bonds. The maximum atomic E-state index is 11.9. The van der Waals surface area contributed by atoms with E-state index in [1.54, 1.807) is 0 Å². The van der Waals surface area contributed by atoms with E-state index in [2.05, 4.69) is 25.0 Å². The summed E-state index contributed by atoms with van der Waals surface area (Å²) in [4.78, 5) is 13.0. The summed E-state index contributed by atoms with van der Waals surface area (Å²) in [5.41, 5.74) is 0. The van der Waals surface area contributed by atoms with Crippen molar-refractivity contribution in [2.24, 2.45) is 0 Å². The Balaban J connectivity index is 0.000000202. The molecule has 1 atom stereocenters. The normalized spacial score (nSPS) is 29.3. The van der Waals surface area contributed by atoms with Gasteiger partial charge in [0.1, 0.15) is 6.61 Å². The van der Waals surface area contributed by atoms with Gasteiger partial charge in [0.25, 0.3) is 0 Å². The maximum Gasteiger partial charge on any atom is 0.522 e. The molecule has 1 saturated heterocycles. The molecule has 3 aliphatic rings. The number of amides is 1. The standard InChI is InChI=1S/C12H18F3NO4.C7H8F3N3O/c13-12(14,15)20-10-4-9(5-10)19-7-11(17)16-8-2-1-3-18-6-8;8-7(9,10)14-6-3-5(4-6)13-11-1-2-12-13/h8-10H,1-7H2,(H,16,17);1-2,5-6H,3-4H2. The molecular weight excluding hydrogens is 478 g/mol. The smallest absolute Gasteiger partial charge is 0.379 e. The van der Waals surface area contributed by atoms with Crippen molar-refractivity contribution in [2.75, 3.05) is 19.8 Å². The first-order valence-electron chi connectivity index (χ1n) is 10.8. The molecule has 9 nitrogen and oxygen atoms in total. The average molecular weight is 504 g/mol. The largest absolute Gasteiger partial charge is 0.522 e. The molecule has 34 heavy (non-hydrogen) atoms. The third-order valence-electron chi connectivity index (χ3n) is 5.46. The Morgan fingerprint density at radius 2 is 1.56 bits per heavy atom. The second-order valence-electron chi connectivity index (χ2n) is 8.23. The van der Waals surface area contributed by atoms with Gasteiger partial charge in [-0.25, -0.2) is 0 Å². The van der Waals surface area contributed by atoms with Crippen LogP contribution in [0.2, 0.25) is 0 Å². The third kappa shape index (κ3) is 9.35. The maximum absolute atomic E-state index is 11.9. The molecule has 3 fully saturated rings. The monoisotopic (exact) mass is 504 g/mol. The Labute approximate surface area is 191 Å². The van der Waals surface area contributed by atoms with E-state index in [1.165, 1.54) is 17.2 Å². The topological polar surface area (TPSA) is 96.7 Å². The molecule has 194 valence electrons. The van der Waals surface area contributed by atoms with Crippen LogP contribution in [0.25, 0.3) is 0 Å². The summed E-state index contributed by atoms with van der Waals surface area (Å²) < 4.78 is 89.0. The van der Waals surface area contributed by atoms with Gasteiger partial charge >= 0.3 is 12.7 Å². The van der Waals surface area contributed by atoms with Crippen molar-refractivity contribution >= 4 is 5.91 Å². The van der Waals surface area contributed by atoms with E-state index in [4.69, 9.17) is 9.47 Å². The Hall–Kier alpha value is -1.97. The highest BCUT2D eigenvalue weighted by Crippen LogP contribution is 2.37. The highest BCUT2D eigenvalue weighted by atomic mass is 19.4. The van der Waals surface area contributed by atoms with Gasteiger partial charge < -0.3 is 14.8 Å². The summed E-state index contributed by atoms with van der Waals surface area (Å²) in [5, 5.41) is 10.4. The number of halogens is 6. The van der Waals surface area contributed by atoms with Crippen LogP contribution < -0.4 is 5.32 Å². The van der Waals surface area contributed by atoms with Crippen LogP contribution in [0.15, 0.2) is 12.4 Å². The van der Waals surface area contributed by atoms with Crippen LogP contribution in [0, 0.1) is 0 Å². The van der Waals surface area contributed by atoms with Crippen LogP contribution in [0.5, 0.6) is 0 Å². The second-order valence-corrected chi connectivity index (χ2v) is 8.23. The Morgan fingerprint density at radius 3 is 2.09 bits per heavy atom. The number of hydrogen-bond acceptors (Lipinski definition) is 7. The zero-order valence-corrected chi connectivity index (χ0v) is 18.1. The molecule has 2 heterocycles. The summed E-state index contributed by atoms with van der Waals surface area (Å²) in [6, 6.07) is -0.0556. The van der Waals surface area contributed by atoms with E-state index in [0.717, 1.165) is 12.8 Å². The first kappa shape index (κ1) is 26.6. The van der Waals surface area contributed by atoms with Crippen LogP contribution in [-0.2, 0) is 23.7 Å². The van der Waals surface area contributed by atoms with E-state index < -0.39 is 24.9 Å². The highest BCUT2D eigenvalue weighted by molar-refractivity contribution is 5.77. The van der Waals surface area contributed by atoms with Crippen molar-refractivity contribution in [1.82, 2.24) is 20.3 Å². The van der Waals surface area contributed by atoms with E-state index in [0.29, 0.717) is 26.1 Å². The van der Waals surface area contributed by atoms with Gasteiger partial charge in [0.15, 0.2) is 0 Å². The molecule has 0 bridgehead atoms. The molecular formula is C19H26F6N4O5. The molecule has 1 unspecified atom stereocenters. The fourth-order valence-corrected chi connectivity index (χ4v) is 3.68. The molecule has 0 aromatic carbocycles. The lowest BCUT2D eigenvalue weighted by Crippen LogP contribution is -2.45. The number of alkyl halides is 6. The summed E-state index contributed by atoms with van der Waals surface area (Å²) >= 11 is 0.